The molecule has 0 aliphatic carbocycles. The van der Waals surface area contributed by atoms with Crippen molar-refractivity contribution in [3.63, 3.8) is 0 Å². The van der Waals surface area contributed by atoms with Gasteiger partial charge in [-0.2, -0.15) is 4.98 Å². The number of thiophene rings is 1. The Bertz CT molecular complexity index is 1020. The van der Waals surface area contributed by atoms with Crippen molar-refractivity contribution >= 4 is 33.0 Å². The second-order valence-corrected chi connectivity index (χ2v) is 8.83. The van der Waals surface area contributed by atoms with E-state index in [1.54, 1.807) is 37.3 Å². The second-order valence-electron chi connectivity index (χ2n) is 6.03. The number of rotatable bonds is 8. The van der Waals surface area contributed by atoms with Gasteiger partial charge in [0, 0.05) is 0 Å². The summed E-state index contributed by atoms with van der Waals surface area (Å²) in [7, 11) is -3.66. The number of hydrogen-bond acceptors (Lipinski definition) is 7. The molecule has 2 heterocycles. The average Bonchev–Trinajstić information content (AvgIpc) is 3.35. The largest absolute Gasteiger partial charge is 0.345 e. The zero-order valence-corrected chi connectivity index (χ0v) is 17.0. The van der Waals surface area contributed by atoms with Crippen molar-refractivity contribution in [2.45, 2.75) is 25.9 Å². The standard InChI is InChI=1S/C18H20N4O4S2/c1-3-14(22(28(2,24)25)13-8-5-4-6-9-13)18(23)19-12-16-20-17(21-26-16)15-10-7-11-27-15/h4-11,14H,3,12H2,1-2H3,(H,19,23)/t14-/m0/s1. The first kappa shape index (κ1) is 20.0. The Morgan fingerprint density at radius 1 is 1.25 bits per heavy atom. The van der Waals surface area contributed by atoms with E-state index in [0.29, 0.717) is 17.9 Å². The molecular formula is C18H20N4O4S2. The van der Waals surface area contributed by atoms with Crippen molar-refractivity contribution in [2.75, 3.05) is 10.6 Å². The number of carbonyl (C=O) groups excluding carboxylic acids is 1. The number of sulfonamides is 1. The van der Waals surface area contributed by atoms with Crippen molar-refractivity contribution in [1.82, 2.24) is 15.5 Å². The smallest absolute Gasteiger partial charge is 0.246 e. The van der Waals surface area contributed by atoms with E-state index in [9.17, 15) is 13.2 Å². The number of anilines is 1. The molecule has 0 saturated heterocycles. The summed E-state index contributed by atoms with van der Waals surface area (Å²) in [5, 5.41) is 8.49. The molecule has 3 rings (SSSR count). The number of para-hydroxylation sites is 1. The summed E-state index contributed by atoms with van der Waals surface area (Å²) in [6, 6.07) is 11.4. The zero-order valence-electron chi connectivity index (χ0n) is 15.4. The normalized spacial score (nSPS) is 12.5. The summed E-state index contributed by atoms with van der Waals surface area (Å²) in [6.45, 7) is 1.77. The molecule has 0 spiro atoms. The molecule has 1 amide bonds. The van der Waals surface area contributed by atoms with E-state index in [4.69, 9.17) is 4.52 Å². The predicted molar refractivity (Wildman–Crippen MR) is 107 cm³/mol. The van der Waals surface area contributed by atoms with E-state index in [0.717, 1.165) is 15.4 Å². The Labute approximate surface area is 167 Å². The minimum atomic E-state index is -3.66. The molecule has 3 aromatic rings. The molecule has 10 heteroatoms. The van der Waals surface area contributed by atoms with E-state index in [1.807, 2.05) is 17.5 Å². The minimum absolute atomic E-state index is 0.0140. The number of nitrogens with zero attached hydrogens (tertiary/aromatic N) is 3. The highest BCUT2D eigenvalue weighted by Crippen LogP contribution is 2.23. The molecule has 0 fully saturated rings. The van der Waals surface area contributed by atoms with Gasteiger partial charge in [0.1, 0.15) is 6.04 Å². The van der Waals surface area contributed by atoms with Gasteiger partial charge in [-0.1, -0.05) is 36.3 Å². The molecule has 28 heavy (non-hydrogen) atoms. The van der Waals surface area contributed by atoms with Crippen molar-refractivity contribution < 1.29 is 17.7 Å². The van der Waals surface area contributed by atoms with Crippen LogP contribution in [-0.4, -0.2) is 36.8 Å². The zero-order chi connectivity index (χ0) is 20.1. The maximum absolute atomic E-state index is 12.7. The minimum Gasteiger partial charge on any atom is -0.345 e. The van der Waals surface area contributed by atoms with Crippen LogP contribution < -0.4 is 9.62 Å². The fraction of sp³-hybridized carbons (Fsp3) is 0.278. The SMILES string of the molecule is CC[C@@H](C(=O)NCc1nc(-c2cccs2)no1)N(c1ccccc1)S(C)(=O)=O. The number of aromatic nitrogens is 2. The summed E-state index contributed by atoms with van der Waals surface area (Å²) in [6.07, 6.45) is 1.39. The van der Waals surface area contributed by atoms with Gasteiger partial charge < -0.3 is 9.84 Å². The molecule has 2 aromatic heterocycles. The lowest BCUT2D eigenvalue weighted by atomic mass is 10.2. The van der Waals surface area contributed by atoms with Crippen LogP contribution in [0.1, 0.15) is 19.2 Å². The quantitative estimate of drug-likeness (QED) is 0.601. The van der Waals surface area contributed by atoms with Crippen LogP contribution in [0, 0.1) is 0 Å². The lowest BCUT2D eigenvalue weighted by Gasteiger charge is -2.29. The van der Waals surface area contributed by atoms with Gasteiger partial charge in [0.2, 0.25) is 27.6 Å². The van der Waals surface area contributed by atoms with Gasteiger partial charge in [-0.25, -0.2) is 8.42 Å². The Morgan fingerprint density at radius 3 is 2.61 bits per heavy atom. The molecule has 0 bridgehead atoms. The number of nitrogens with one attached hydrogen (secondary N) is 1. The Morgan fingerprint density at radius 2 is 2.00 bits per heavy atom. The monoisotopic (exact) mass is 420 g/mol. The third-order valence-corrected chi connectivity index (χ3v) is 6.01. The maximum Gasteiger partial charge on any atom is 0.246 e. The number of carbonyl (C=O) groups is 1. The van der Waals surface area contributed by atoms with E-state index in [2.05, 4.69) is 15.5 Å². The van der Waals surface area contributed by atoms with Crippen molar-refractivity contribution in [3.05, 3.63) is 53.7 Å². The molecular weight excluding hydrogens is 400 g/mol. The van der Waals surface area contributed by atoms with Crippen LogP contribution in [0.25, 0.3) is 10.7 Å². The molecule has 148 valence electrons. The lowest BCUT2D eigenvalue weighted by Crippen LogP contribution is -2.49. The highest BCUT2D eigenvalue weighted by Gasteiger charge is 2.31. The van der Waals surface area contributed by atoms with Crippen LogP contribution in [-0.2, 0) is 21.4 Å². The van der Waals surface area contributed by atoms with E-state index in [1.165, 1.54) is 11.3 Å². The first-order valence-corrected chi connectivity index (χ1v) is 11.3. The van der Waals surface area contributed by atoms with E-state index in [-0.39, 0.29) is 12.4 Å². The molecule has 1 aromatic carbocycles. The second kappa shape index (κ2) is 8.53. The van der Waals surface area contributed by atoms with Gasteiger partial charge in [0.25, 0.3) is 0 Å². The molecule has 1 atom stereocenters. The van der Waals surface area contributed by atoms with Crippen LogP contribution in [0.15, 0.2) is 52.4 Å². The Hall–Kier alpha value is -2.72. The predicted octanol–water partition coefficient (Wildman–Crippen LogP) is 2.66. The molecule has 0 saturated carbocycles. The number of benzene rings is 1. The molecule has 0 radical (unpaired) electrons. The van der Waals surface area contributed by atoms with Gasteiger partial charge in [-0.15, -0.1) is 11.3 Å². The fourth-order valence-corrected chi connectivity index (χ4v) is 4.61. The van der Waals surface area contributed by atoms with Crippen molar-refractivity contribution in [1.29, 1.82) is 0 Å². The Balaban J connectivity index is 1.74. The molecule has 1 N–H and O–H groups in total. The summed E-state index contributed by atoms with van der Waals surface area (Å²) < 4.78 is 31.0. The Kier molecular flexibility index (Phi) is 6.10. The molecule has 0 aliphatic rings. The topological polar surface area (TPSA) is 105 Å². The number of hydrogen-bond donors (Lipinski definition) is 1. The van der Waals surface area contributed by atoms with Gasteiger partial charge in [-0.05, 0) is 30.0 Å². The summed E-state index contributed by atoms with van der Waals surface area (Å²) in [5.41, 5.74) is 0.435. The number of amides is 1. The van der Waals surface area contributed by atoms with Crippen LogP contribution in [0.4, 0.5) is 5.69 Å². The van der Waals surface area contributed by atoms with Gasteiger partial charge in [-0.3, -0.25) is 9.10 Å². The van der Waals surface area contributed by atoms with Gasteiger partial charge >= 0.3 is 0 Å². The van der Waals surface area contributed by atoms with Gasteiger partial charge in [0.15, 0.2) is 0 Å². The van der Waals surface area contributed by atoms with Crippen LogP contribution >= 0.6 is 11.3 Å². The van der Waals surface area contributed by atoms with Gasteiger partial charge in [0.05, 0.1) is 23.4 Å². The highest BCUT2D eigenvalue weighted by atomic mass is 32.2. The van der Waals surface area contributed by atoms with E-state index >= 15 is 0 Å². The van der Waals surface area contributed by atoms with Crippen LogP contribution in [0.3, 0.4) is 0 Å². The van der Waals surface area contributed by atoms with Crippen molar-refractivity contribution in [3.8, 4) is 10.7 Å². The van der Waals surface area contributed by atoms with Crippen molar-refractivity contribution in [2.24, 2.45) is 0 Å². The summed E-state index contributed by atoms with van der Waals surface area (Å²) >= 11 is 1.48. The summed E-state index contributed by atoms with van der Waals surface area (Å²) in [4.78, 5) is 17.8. The third-order valence-electron chi connectivity index (χ3n) is 3.96. The first-order valence-electron chi connectivity index (χ1n) is 8.58. The molecule has 0 aliphatic heterocycles. The first-order chi connectivity index (χ1) is 13.4. The lowest BCUT2D eigenvalue weighted by molar-refractivity contribution is -0.122. The summed E-state index contributed by atoms with van der Waals surface area (Å²) in [5.74, 6) is 0.262. The van der Waals surface area contributed by atoms with E-state index < -0.39 is 22.0 Å². The third kappa shape index (κ3) is 4.57. The molecule has 0 unspecified atom stereocenters. The molecule has 8 nitrogen and oxygen atoms in total. The fourth-order valence-electron chi connectivity index (χ4n) is 2.75. The van der Waals surface area contributed by atoms with Crippen LogP contribution in [0.2, 0.25) is 0 Å². The van der Waals surface area contributed by atoms with Crippen LogP contribution in [0.5, 0.6) is 0 Å². The highest BCUT2D eigenvalue weighted by molar-refractivity contribution is 7.92. The maximum atomic E-state index is 12.7. The average molecular weight is 421 g/mol.